The van der Waals surface area contributed by atoms with E-state index in [4.69, 9.17) is 10.5 Å². The zero-order chi connectivity index (χ0) is 10.3. The summed E-state index contributed by atoms with van der Waals surface area (Å²) in [5.74, 6) is 2.71. The van der Waals surface area contributed by atoms with Gasteiger partial charge in [-0.25, -0.2) is 0 Å². The summed E-state index contributed by atoms with van der Waals surface area (Å²) in [5.41, 5.74) is 6.14. The van der Waals surface area contributed by atoms with Gasteiger partial charge in [0.2, 0.25) is 0 Å². The van der Waals surface area contributed by atoms with Gasteiger partial charge >= 0.3 is 0 Å². The Morgan fingerprint density at radius 3 is 2.60 bits per heavy atom. The Hall–Kier alpha value is -0.0800. The molecule has 3 aliphatic rings. The Morgan fingerprint density at radius 1 is 1.20 bits per heavy atom. The van der Waals surface area contributed by atoms with Crippen molar-refractivity contribution in [2.45, 2.75) is 50.5 Å². The molecule has 2 aliphatic carbocycles. The first-order chi connectivity index (χ1) is 7.33. The normalized spacial score (nSPS) is 43.4. The quantitative estimate of drug-likeness (QED) is 0.757. The summed E-state index contributed by atoms with van der Waals surface area (Å²) >= 11 is 0. The number of rotatable bonds is 2. The molecule has 2 N–H and O–H groups in total. The number of ether oxygens (including phenoxy) is 1. The van der Waals surface area contributed by atoms with Crippen LogP contribution in [0, 0.1) is 17.8 Å². The zero-order valence-corrected chi connectivity index (χ0v) is 9.58. The summed E-state index contributed by atoms with van der Waals surface area (Å²) in [6.07, 6.45) is 9.48. The molecule has 3 atom stereocenters. The molecule has 86 valence electrons. The van der Waals surface area contributed by atoms with Crippen LogP contribution in [0.1, 0.15) is 44.9 Å². The van der Waals surface area contributed by atoms with Gasteiger partial charge in [0, 0.05) is 6.61 Å². The third kappa shape index (κ3) is 1.62. The molecule has 0 aromatic rings. The fourth-order valence-corrected chi connectivity index (χ4v) is 3.86. The maximum atomic E-state index is 5.99. The Bertz CT molecular complexity index is 235. The van der Waals surface area contributed by atoms with Gasteiger partial charge in [0.25, 0.3) is 0 Å². The van der Waals surface area contributed by atoms with E-state index in [0.29, 0.717) is 5.60 Å². The van der Waals surface area contributed by atoms with Crippen LogP contribution in [0.3, 0.4) is 0 Å². The maximum absolute atomic E-state index is 5.99. The van der Waals surface area contributed by atoms with E-state index in [1.165, 1.54) is 44.9 Å². The highest BCUT2D eigenvalue weighted by Crippen LogP contribution is 2.50. The van der Waals surface area contributed by atoms with Crippen molar-refractivity contribution in [3.05, 3.63) is 0 Å². The molecule has 0 radical (unpaired) electrons. The molecule has 0 bridgehead atoms. The van der Waals surface area contributed by atoms with Crippen molar-refractivity contribution >= 4 is 0 Å². The lowest BCUT2D eigenvalue weighted by atomic mass is 9.60. The van der Waals surface area contributed by atoms with E-state index >= 15 is 0 Å². The van der Waals surface area contributed by atoms with Crippen molar-refractivity contribution in [1.29, 1.82) is 0 Å². The van der Waals surface area contributed by atoms with E-state index in [-0.39, 0.29) is 0 Å². The summed E-state index contributed by atoms with van der Waals surface area (Å²) < 4.78 is 5.99. The van der Waals surface area contributed by atoms with Crippen LogP contribution in [0.15, 0.2) is 0 Å². The molecule has 2 saturated carbocycles. The Balaban J connectivity index is 1.61. The average molecular weight is 209 g/mol. The van der Waals surface area contributed by atoms with Crippen LogP contribution in [0.25, 0.3) is 0 Å². The minimum Gasteiger partial charge on any atom is -0.375 e. The SMILES string of the molecule is NCC1CCC1C1CCOC2(CCC2)C1. The van der Waals surface area contributed by atoms with Crippen molar-refractivity contribution in [2.75, 3.05) is 13.2 Å². The molecule has 0 amide bonds. The van der Waals surface area contributed by atoms with Crippen molar-refractivity contribution < 1.29 is 4.74 Å². The maximum Gasteiger partial charge on any atom is 0.0685 e. The van der Waals surface area contributed by atoms with Crippen molar-refractivity contribution in [2.24, 2.45) is 23.5 Å². The highest BCUT2D eigenvalue weighted by Gasteiger charge is 2.46. The first-order valence-electron chi connectivity index (χ1n) is 6.67. The molecular formula is C13H23NO. The molecule has 15 heavy (non-hydrogen) atoms. The van der Waals surface area contributed by atoms with E-state index in [0.717, 1.165) is 30.9 Å². The lowest BCUT2D eigenvalue weighted by Crippen LogP contribution is -2.49. The van der Waals surface area contributed by atoms with Crippen LogP contribution in [-0.2, 0) is 4.74 Å². The first kappa shape index (κ1) is 10.1. The summed E-state index contributed by atoms with van der Waals surface area (Å²) in [7, 11) is 0. The highest BCUT2D eigenvalue weighted by atomic mass is 16.5. The fourth-order valence-electron chi connectivity index (χ4n) is 3.86. The predicted molar refractivity (Wildman–Crippen MR) is 60.5 cm³/mol. The molecule has 1 heterocycles. The Morgan fingerprint density at radius 2 is 2.07 bits per heavy atom. The minimum atomic E-state index is 0.331. The van der Waals surface area contributed by atoms with Crippen LogP contribution in [0.4, 0.5) is 0 Å². The summed E-state index contributed by atoms with van der Waals surface area (Å²) in [6.45, 7) is 1.92. The largest absolute Gasteiger partial charge is 0.375 e. The minimum absolute atomic E-state index is 0.331. The van der Waals surface area contributed by atoms with Gasteiger partial charge in [-0.3, -0.25) is 0 Å². The lowest BCUT2D eigenvalue weighted by molar-refractivity contribution is -0.158. The lowest BCUT2D eigenvalue weighted by Gasteiger charge is -2.52. The summed E-state index contributed by atoms with van der Waals surface area (Å²) in [6, 6.07) is 0. The molecule has 2 nitrogen and oxygen atoms in total. The second-order valence-electron chi connectivity index (χ2n) is 5.87. The van der Waals surface area contributed by atoms with Gasteiger partial charge in [0.1, 0.15) is 0 Å². The van der Waals surface area contributed by atoms with E-state index in [2.05, 4.69) is 0 Å². The molecule has 0 aromatic heterocycles. The van der Waals surface area contributed by atoms with E-state index in [9.17, 15) is 0 Å². The van der Waals surface area contributed by atoms with E-state index in [1.807, 2.05) is 0 Å². The molecule has 1 saturated heterocycles. The topological polar surface area (TPSA) is 35.2 Å². The number of hydrogen-bond donors (Lipinski definition) is 1. The smallest absolute Gasteiger partial charge is 0.0685 e. The highest BCUT2D eigenvalue weighted by molar-refractivity contribution is 4.98. The third-order valence-corrected chi connectivity index (χ3v) is 5.18. The summed E-state index contributed by atoms with van der Waals surface area (Å²) in [4.78, 5) is 0. The number of hydrogen-bond acceptors (Lipinski definition) is 2. The van der Waals surface area contributed by atoms with Crippen LogP contribution in [0.2, 0.25) is 0 Å². The molecule has 1 aliphatic heterocycles. The van der Waals surface area contributed by atoms with Gasteiger partial charge in [0.15, 0.2) is 0 Å². The van der Waals surface area contributed by atoms with Crippen LogP contribution >= 0.6 is 0 Å². The van der Waals surface area contributed by atoms with Gasteiger partial charge in [0.05, 0.1) is 5.60 Å². The van der Waals surface area contributed by atoms with Gasteiger partial charge < -0.3 is 10.5 Å². The third-order valence-electron chi connectivity index (χ3n) is 5.18. The van der Waals surface area contributed by atoms with Crippen LogP contribution in [0.5, 0.6) is 0 Å². The van der Waals surface area contributed by atoms with Gasteiger partial charge in [-0.1, -0.05) is 0 Å². The van der Waals surface area contributed by atoms with E-state index < -0.39 is 0 Å². The van der Waals surface area contributed by atoms with Crippen LogP contribution in [-0.4, -0.2) is 18.8 Å². The standard InChI is InChI=1S/C13H23NO/c14-9-11-2-3-12(11)10-4-7-15-13(8-10)5-1-6-13/h10-12H,1-9,14H2. The average Bonchev–Trinajstić information content (AvgIpc) is 2.15. The predicted octanol–water partition coefficient (Wildman–Crippen LogP) is 2.32. The Kier molecular flexibility index (Phi) is 2.52. The number of nitrogens with two attached hydrogens (primary N) is 1. The molecule has 3 fully saturated rings. The molecular weight excluding hydrogens is 186 g/mol. The molecule has 3 rings (SSSR count). The molecule has 3 unspecified atom stereocenters. The molecule has 0 aromatic carbocycles. The Labute approximate surface area is 92.6 Å². The van der Waals surface area contributed by atoms with Crippen molar-refractivity contribution in [1.82, 2.24) is 0 Å². The fraction of sp³-hybridized carbons (Fsp3) is 1.00. The van der Waals surface area contributed by atoms with Crippen molar-refractivity contribution in [3.8, 4) is 0 Å². The molecule has 1 spiro atoms. The first-order valence-corrected chi connectivity index (χ1v) is 6.67. The second kappa shape index (κ2) is 3.74. The van der Waals surface area contributed by atoms with Gasteiger partial charge in [-0.15, -0.1) is 0 Å². The summed E-state index contributed by atoms with van der Waals surface area (Å²) in [5, 5.41) is 0. The zero-order valence-electron chi connectivity index (χ0n) is 9.58. The molecule has 2 heteroatoms. The van der Waals surface area contributed by atoms with Crippen LogP contribution < -0.4 is 5.73 Å². The monoisotopic (exact) mass is 209 g/mol. The van der Waals surface area contributed by atoms with Crippen molar-refractivity contribution in [3.63, 3.8) is 0 Å². The van der Waals surface area contributed by atoms with Gasteiger partial charge in [-0.05, 0) is 69.2 Å². The van der Waals surface area contributed by atoms with E-state index in [1.54, 1.807) is 0 Å². The van der Waals surface area contributed by atoms with Gasteiger partial charge in [-0.2, -0.15) is 0 Å². The second-order valence-corrected chi connectivity index (χ2v) is 5.87.